The van der Waals surface area contributed by atoms with Crippen LogP contribution in [-0.4, -0.2) is 62.8 Å². The van der Waals surface area contributed by atoms with Gasteiger partial charge in [-0.2, -0.15) is 5.26 Å². The summed E-state index contributed by atoms with van der Waals surface area (Å²) in [7, 11) is 1.50. The van der Waals surface area contributed by atoms with Gasteiger partial charge in [0.2, 0.25) is 0 Å². The first kappa shape index (κ1) is 27.7. The number of phenolic OH excluding ortho intramolecular Hbond substituents is 1. The van der Waals surface area contributed by atoms with E-state index in [4.69, 9.17) is 14.2 Å². The number of hydrogen-bond acceptors (Lipinski definition) is 8. The van der Waals surface area contributed by atoms with Crippen LogP contribution in [-0.2, 0) is 9.47 Å². The number of benzene rings is 2. The molecule has 2 aromatic heterocycles. The predicted octanol–water partition coefficient (Wildman–Crippen LogP) is 4.60. The molecule has 0 aliphatic carbocycles. The first-order valence-corrected chi connectivity index (χ1v) is 13.2. The molecule has 1 amide bonds. The van der Waals surface area contributed by atoms with E-state index in [0.29, 0.717) is 53.2 Å². The fourth-order valence-corrected chi connectivity index (χ4v) is 5.00. The molecule has 1 fully saturated rings. The van der Waals surface area contributed by atoms with E-state index in [1.165, 1.54) is 13.2 Å². The lowest BCUT2D eigenvalue weighted by Crippen LogP contribution is -2.36. The maximum absolute atomic E-state index is 14.0. The van der Waals surface area contributed by atoms with Gasteiger partial charge in [0.25, 0.3) is 0 Å². The lowest BCUT2D eigenvalue weighted by Gasteiger charge is -2.24. The predicted molar refractivity (Wildman–Crippen MR) is 151 cm³/mol. The average molecular weight is 558 g/mol. The quantitative estimate of drug-likeness (QED) is 0.340. The van der Waals surface area contributed by atoms with E-state index >= 15 is 0 Å². The molecule has 4 aromatic rings. The molecule has 1 atom stereocenters. The number of fused-ring (bicyclic) bond motifs is 1. The van der Waals surface area contributed by atoms with Crippen LogP contribution in [0.2, 0.25) is 0 Å². The third-order valence-electron chi connectivity index (χ3n) is 6.80. The number of phenols is 1. The van der Waals surface area contributed by atoms with Crippen molar-refractivity contribution >= 4 is 17.3 Å². The molecule has 2 aromatic carbocycles. The summed E-state index contributed by atoms with van der Waals surface area (Å²) >= 11 is 0. The van der Waals surface area contributed by atoms with Crippen LogP contribution in [0.4, 0.5) is 4.79 Å². The Kier molecular flexibility index (Phi) is 7.43. The Morgan fingerprint density at radius 3 is 2.73 bits per heavy atom. The summed E-state index contributed by atoms with van der Waals surface area (Å²) in [5.41, 5.74) is 2.19. The Balaban J connectivity index is 1.57. The summed E-state index contributed by atoms with van der Waals surface area (Å²) in [5.74, 6) is 0.309. The Morgan fingerprint density at radius 2 is 2.00 bits per heavy atom. The largest absolute Gasteiger partial charge is 0.507 e. The zero-order chi connectivity index (χ0) is 29.3. The molecule has 5 rings (SSSR count). The summed E-state index contributed by atoms with van der Waals surface area (Å²) in [5, 5.41) is 19.3. The first-order valence-electron chi connectivity index (χ1n) is 13.2. The maximum atomic E-state index is 14.0. The Hall–Kier alpha value is -4.82. The second-order valence-electron chi connectivity index (χ2n) is 10.8. The summed E-state index contributed by atoms with van der Waals surface area (Å²) < 4.78 is 19.8. The van der Waals surface area contributed by atoms with Crippen molar-refractivity contribution in [2.45, 2.75) is 38.8 Å². The van der Waals surface area contributed by atoms with Crippen molar-refractivity contribution in [1.29, 1.82) is 5.26 Å². The Morgan fingerprint density at radius 1 is 1.20 bits per heavy atom. The van der Waals surface area contributed by atoms with Crippen molar-refractivity contribution in [2.24, 2.45) is 0 Å². The number of likely N-dealkylation sites (tertiary alicyclic amines) is 1. The number of carbonyl (C=O) groups is 1. The maximum Gasteiger partial charge on any atom is 0.410 e. The molecule has 0 saturated carbocycles. The van der Waals surface area contributed by atoms with Crippen LogP contribution in [0, 0.1) is 11.3 Å². The molecular weight excluding hydrogens is 526 g/mol. The van der Waals surface area contributed by atoms with Crippen molar-refractivity contribution in [3.63, 3.8) is 0 Å². The Labute approximate surface area is 236 Å². The van der Waals surface area contributed by atoms with Crippen LogP contribution >= 0.6 is 0 Å². The van der Waals surface area contributed by atoms with Crippen molar-refractivity contribution in [1.82, 2.24) is 19.0 Å². The van der Waals surface area contributed by atoms with Gasteiger partial charge in [0, 0.05) is 38.0 Å². The van der Waals surface area contributed by atoms with Crippen LogP contribution in [0.1, 0.15) is 38.8 Å². The molecular formula is C30H31N5O6. The number of pyridine rings is 1. The van der Waals surface area contributed by atoms with Gasteiger partial charge in [0.05, 0.1) is 22.8 Å². The SMILES string of the molecule is COCOc1cc(-n2c(=O)n([C@H]3CCN(C(=O)OC(C)(C)C)C3)c3ncccc32)ccc1-c1ccc(O)c(C#N)c1. The molecule has 1 aliphatic rings. The van der Waals surface area contributed by atoms with Gasteiger partial charge in [-0.3, -0.25) is 9.13 Å². The number of hydrogen-bond donors (Lipinski definition) is 1. The third kappa shape index (κ3) is 5.47. The fourth-order valence-electron chi connectivity index (χ4n) is 5.00. The van der Waals surface area contributed by atoms with Gasteiger partial charge in [-0.25, -0.2) is 14.6 Å². The first-order chi connectivity index (χ1) is 19.6. The molecule has 3 heterocycles. The molecule has 212 valence electrons. The van der Waals surface area contributed by atoms with Gasteiger partial charge >= 0.3 is 11.8 Å². The van der Waals surface area contributed by atoms with E-state index in [9.17, 15) is 20.0 Å². The number of aromatic hydroxyl groups is 1. The molecule has 11 heteroatoms. The monoisotopic (exact) mass is 557 g/mol. The summed E-state index contributed by atoms with van der Waals surface area (Å²) in [6.07, 6.45) is 1.81. The highest BCUT2D eigenvalue weighted by Crippen LogP contribution is 2.35. The van der Waals surface area contributed by atoms with Gasteiger partial charge in [-0.05, 0) is 69.2 Å². The molecule has 0 bridgehead atoms. The smallest absolute Gasteiger partial charge is 0.410 e. The number of rotatable bonds is 6. The normalized spacial score (nSPS) is 15.2. The summed E-state index contributed by atoms with van der Waals surface area (Å²) in [6, 6.07) is 15.3. The van der Waals surface area contributed by atoms with E-state index in [1.807, 2.05) is 32.9 Å². The second-order valence-corrected chi connectivity index (χ2v) is 10.8. The highest BCUT2D eigenvalue weighted by atomic mass is 16.7. The molecule has 1 N–H and O–H groups in total. The zero-order valence-electron chi connectivity index (χ0n) is 23.3. The second kappa shape index (κ2) is 11.0. The molecule has 1 aliphatic heterocycles. The summed E-state index contributed by atoms with van der Waals surface area (Å²) in [6.45, 7) is 6.21. The zero-order valence-corrected chi connectivity index (χ0v) is 23.3. The minimum Gasteiger partial charge on any atom is -0.507 e. The van der Waals surface area contributed by atoms with Crippen molar-refractivity contribution < 1.29 is 24.1 Å². The fraction of sp³-hybridized carbons (Fsp3) is 0.333. The molecule has 41 heavy (non-hydrogen) atoms. The highest BCUT2D eigenvalue weighted by Gasteiger charge is 2.33. The number of amides is 1. The molecule has 11 nitrogen and oxygen atoms in total. The van der Waals surface area contributed by atoms with E-state index in [2.05, 4.69) is 4.98 Å². The number of nitrogens with zero attached hydrogens (tertiary/aromatic N) is 5. The minimum atomic E-state index is -0.616. The molecule has 0 unspecified atom stereocenters. The lowest BCUT2D eigenvalue weighted by molar-refractivity contribution is 0.0289. The van der Waals surface area contributed by atoms with Gasteiger partial charge in [0.1, 0.15) is 23.2 Å². The molecule has 0 spiro atoms. The number of methoxy groups -OCH3 is 1. The standard InChI is InChI=1S/C30H31N5O6/c1-30(2,3)41-29(38)33-13-11-22(17-33)35-27-24(6-5-12-32-27)34(28(35)37)21-8-9-23(26(15-21)40-18-39-4)19-7-10-25(36)20(14-19)16-31/h5-10,12,14-15,22,36H,11,13,17-18H2,1-4H3/t22-/m0/s1. The van der Waals surface area contributed by atoms with E-state index in [1.54, 1.807) is 56.6 Å². The van der Waals surface area contributed by atoms with Crippen molar-refractivity contribution in [2.75, 3.05) is 27.0 Å². The van der Waals surface area contributed by atoms with Gasteiger partial charge in [-0.1, -0.05) is 6.07 Å². The van der Waals surface area contributed by atoms with Crippen LogP contribution < -0.4 is 10.4 Å². The van der Waals surface area contributed by atoms with Crippen LogP contribution in [0.15, 0.2) is 59.5 Å². The van der Waals surface area contributed by atoms with E-state index in [-0.39, 0.29) is 29.8 Å². The van der Waals surface area contributed by atoms with Crippen LogP contribution in [0.5, 0.6) is 11.5 Å². The highest BCUT2D eigenvalue weighted by molar-refractivity contribution is 5.78. The summed E-state index contributed by atoms with van der Waals surface area (Å²) in [4.78, 5) is 32.8. The average Bonchev–Trinajstić information content (AvgIpc) is 3.53. The van der Waals surface area contributed by atoms with Gasteiger partial charge in [-0.15, -0.1) is 0 Å². The number of carbonyl (C=O) groups excluding carboxylic acids is 1. The van der Waals surface area contributed by atoms with Crippen LogP contribution in [0.3, 0.4) is 0 Å². The van der Waals surface area contributed by atoms with Crippen molar-refractivity contribution in [3.05, 3.63) is 70.8 Å². The minimum absolute atomic E-state index is 0.0412. The van der Waals surface area contributed by atoms with Crippen LogP contribution in [0.25, 0.3) is 28.0 Å². The topological polar surface area (TPSA) is 132 Å². The number of imidazole rings is 1. The van der Waals surface area contributed by atoms with Crippen molar-refractivity contribution in [3.8, 4) is 34.4 Å². The molecule has 0 radical (unpaired) electrons. The van der Waals surface area contributed by atoms with E-state index in [0.717, 1.165) is 0 Å². The number of nitriles is 1. The molecule has 1 saturated heterocycles. The lowest BCUT2D eigenvalue weighted by atomic mass is 10.0. The van der Waals surface area contributed by atoms with E-state index < -0.39 is 11.7 Å². The third-order valence-corrected chi connectivity index (χ3v) is 6.80. The Bertz CT molecular complexity index is 1710. The van der Waals surface area contributed by atoms with Gasteiger partial charge < -0.3 is 24.2 Å². The van der Waals surface area contributed by atoms with Gasteiger partial charge in [0.15, 0.2) is 12.4 Å². The number of aromatic nitrogens is 3. The number of ether oxygens (including phenoxy) is 3.